The van der Waals surface area contributed by atoms with Crippen molar-refractivity contribution in [2.75, 3.05) is 31.1 Å². The molecule has 25 heavy (non-hydrogen) atoms. The van der Waals surface area contributed by atoms with Crippen LogP contribution in [0.15, 0.2) is 21.3 Å². The number of nitrogens with two attached hydrogens (primary N) is 1. The minimum Gasteiger partial charge on any atom is -0.422 e. The third-order valence-corrected chi connectivity index (χ3v) is 5.13. The third-order valence-electron chi connectivity index (χ3n) is 5.13. The lowest BCUT2D eigenvalue weighted by Gasteiger charge is -2.37. The minimum absolute atomic E-state index is 0.0696. The molecule has 2 aliphatic rings. The second-order valence-electron chi connectivity index (χ2n) is 6.82. The predicted molar refractivity (Wildman–Crippen MR) is 97.3 cm³/mol. The van der Waals surface area contributed by atoms with Crippen molar-refractivity contribution < 1.29 is 9.21 Å². The summed E-state index contributed by atoms with van der Waals surface area (Å²) in [6.45, 7) is 3.09. The highest BCUT2D eigenvalue weighted by Crippen LogP contribution is 2.39. The van der Waals surface area contributed by atoms with Crippen molar-refractivity contribution in [1.29, 1.82) is 0 Å². The summed E-state index contributed by atoms with van der Waals surface area (Å²) in [5.41, 5.74) is 9.28. The van der Waals surface area contributed by atoms with Crippen molar-refractivity contribution in [3.8, 4) is 0 Å². The Morgan fingerprint density at radius 2 is 2.04 bits per heavy atom. The average Bonchev–Trinajstić information content (AvgIpc) is 2.62. The number of nitrogens with zero attached hydrogens (tertiary/aromatic N) is 1. The van der Waals surface area contributed by atoms with Gasteiger partial charge in [0.25, 0.3) is 5.91 Å². The van der Waals surface area contributed by atoms with Gasteiger partial charge in [0.15, 0.2) is 0 Å². The first kappa shape index (κ1) is 16.1. The summed E-state index contributed by atoms with van der Waals surface area (Å²) in [4.78, 5) is 27.1. The van der Waals surface area contributed by atoms with E-state index in [2.05, 4.69) is 16.3 Å². The molecule has 1 aromatic heterocycles. The maximum atomic E-state index is 12.4. The van der Waals surface area contributed by atoms with Crippen LogP contribution < -0.4 is 21.6 Å². The Balaban J connectivity index is 1.80. The molecule has 4 rings (SSSR count). The Labute approximate surface area is 146 Å². The van der Waals surface area contributed by atoms with Crippen LogP contribution in [0.3, 0.4) is 0 Å². The zero-order chi connectivity index (χ0) is 17.4. The van der Waals surface area contributed by atoms with E-state index in [9.17, 15) is 9.59 Å². The molecule has 0 unspecified atom stereocenters. The van der Waals surface area contributed by atoms with Gasteiger partial charge in [0.05, 0.1) is 0 Å². The van der Waals surface area contributed by atoms with Gasteiger partial charge in [0.1, 0.15) is 11.1 Å². The zero-order valence-electron chi connectivity index (χ0n) is 14.3. The lowest BCUT2D eigenvalue weighted by molar-refractivity contribution is 0.0950. The molecule has 1 aromatic carbocycles. The number of carbonyl (C=O) groups excluding carboxylic acids is 1. The molecule has 0 aliphatic carbocycles. The Bertz CT molecular complexity index is 886. The van der Waals surface area contributed by atoms with Crippen LogP contribution in [0.1, 0.15) is 40.7 Å². The maximum Gasteiger partial charge on any atom is 0.349 e. The summed E-state index contributed by atoms with van der Waals surface area (Å²) < 4.78 is 5.62. The van der Waals surface area contributed by atoms with Crippen LogP contribution in [0.4, 0.5) is 5.69 Å². The summed E-state index contributed by atoms with van der Waals surface area (Å²) in [5.74, 6) is -0.392. The largest absolute Gasteiger partial charge is 0.422 e. The van der Waals surface area contributed by atoms with Crippen molar-refractivity contribution in [2.24, 2.45) is 5.73 Å². The predicted octanol–water partition coefficient (Wildman–Crippen LogP) is 1.57. The maximum absolute atomic E-state index is 12.4. The summed E-state index contributed by atoms with van der Waals surface area (Å²) in [6.07, 6.45) is 4.84. The number of anilines is 1. The number of fused-ring (bicyclic) bond motifs is 2. The summed E-state index contributed by atoms with van der Waals surface area (Å²) in [7, 11) is 0. The molecule has 6 nitrogen and oxygen atoms in total. The molecular weight excluding hydrogens is 318 g/mol. The van der Waals surface area contributed by atoms with E-state index in [4.69, 9.17) is 10.2 Å². The third kappa shape index (κ3) is 2.80. The number of hydrogen-bond donors (Lipinski definition) is 2. The molecule has 0 fully saturated rings. The highest BCUT2D eigenvalue weighted by atomic mass is 16.4. The second kappa shape index (κ2) is 6.52. The van der Waals surface area contributed by atoms with Gasteiger partial charge in [-0.05, 0) is 56.3 Å². The zero-order valence-corrected chi connectivity index (χ0v) is 14.3. The first-order valence-corrected chi connectivity index (χ1v) is 9.05. The monoisotopic (exact) mass is 341 g/mol. The Hall–Kier alpha value is -2.34. The highest BCUT2D eigenvalue weighted by molar-refractivity contribution is 5.98. The number of nitrogens with one attached hydrogen (secondary N) is 1. The number of rotatable bonds is 4. The molecule has 3 heterocycles. The normalized spacial score (nSPS) is 16.0. The van der Waals surface area contributed by atoms with Gasteiger partial charge in [-0.3, -0.25) is 4.79 Å². The molecular formula is C19H23N3O3. The first-order valence-electron chi connectivity index (χ1n) is 9.05. The molecule has 6 heteroatoms. The highest BCUT2D eigenvalue weighted by Gasteiger charge is 2.27. The molecule has 1 amide bonds. The van der Waals surface area contributed by atoms with E-state index in [1.54, 1.807) is 6.07 Å². The topological polar surface area (TPSA) is 88.6 Å². The molecule has 0 spiro atoms. The number of benzene rings is 1. The van der Waals surface area contributed by atoms with Gasteiger partial charge in [-0.1, -0.05) is 0 Å². The minimum atomic E-state index is -0.568. The Morgan fingerprint density at radius 1 is 1.24 bits per heavy atom. The van der Waals surface area contributed by atoms with Gasteiger partial charge in [-0.25, -0.2) is 4.79 Å². The van der Waals surface area contributed by atoms with Crippen molar-refractivity contribution in [3.05, 3.63) is 39.2 Å². The Morgan fingerprint density at radius 3 is 2.84 bits per heavy atom. The molecule has 0 saturated heterocycles. The van der Waals surface area contributed by atoms with Crippen LogP contribution in [0.25, 0.3) is 11.0 Å². The van der Waals surface area contributed by atoms with Gasteiger partial charge in [-0.2, -0.15) is 0 Å². The van der Waals surface area contributed by atoms with Crippen LogP contribution in [0.2, 0.25) is 0 Å². The van der Waals surface area contributed by atoms with Gasteiger partial charge >= 0.3 is 5.63 Å². The second-order valence-corrected chi connectivity index (χ2v) is 6.82. The number of hydrogen-bond acceptors (Lipinski definition) is 5. The van der Waals surface area contributed by atoms with E-state index in [-0.39, 0.29) is 5.56 Å². The fourth-order valence-corrected chi connectivity index (χ4v) is 4.00. The molecule has 2 aliphatic heterocycles. The molecule has 132 valence electrons. The summed E-state index contributed by atoms with van der Waals surface area (Å²) in [5, 5.41) is 3.58. The summed E-state index contributed by atoms with van der Waals surface area (Å²) >= 11 is 0. The van der Waals surface area contributed by atoms with Crippen LogP contribution in [-0.4, -0.2) is 32.1 Å². The SMILES string of the molecule is NCCCNC(=O)c1cc2cc3c4c(c2oc1=O)CCCN4CCC3. The van der Waals surface area contributed by atoms with E-state index >= 15 is 0 Å². The van der Waals surface area contributed by atoms with Crippen molar-refractivity contribution in [3.63, 3.8) is 0 Å². The first-order chi connectivity index (χ1) is 12.2. The standard InChI is InChI=1S/C19H23N3O3/c20-6-3-7-21-18(23)15-11-13-10-12-4-1-8-22-9-2-5-14(16(12)22)17(13)25-19(15)24/h10-11H,1-9,20H2,(H,21,23). The lowest BCUT2D eigenvalue weighted by Crippen LogP contribution is -2.34. The van der Waals surface area contributed by atoms with Crippen LogP contribution in [0.5, 0.6) is 0 Å². The van der Waals surface area contributed by atoms with E-state index in [1.165, 1.54) is 11.3 Å². The fraction of sp³-hybridized carbons (Fsp3) is 0.474. The van der Waals surface area contributed by atoms with Crippen LogP contribution in [0, 0.1) is 0 Å². The van der Waals surface area contributed by atoms with Gasteiger partial charge in [-0.15, -0.1) is 0 Å². The van der Waals surface area contributed by atoms with Crippen molar-refractivity contribution in [2.45, 2.75) is 32.1 Å². The average molecular weight is 341 g/mol. The number of amides is 1. The van der Waals surface area contributed by atoms with E-state index in [0.717, 1.165) is 49.7 Å². The van der Waals surface area contributed by atoms with E-state index in [1.807, 2.05) is 0 Å². The van der Waals surface area contributed by atoms with E-state index in [0.29, 0.717) is 25.1 Å². The molecule has 0 atom stereocenters. The quantitative estimate of drug-likeness (QED) is 0.651. The molecule has 0 radical (unpaired) electrons. The Kier molecular flexibility index (Phi) is 4.21. The molecule has 2 aromatic rings. The van der Waals surface area contributed by atoms with Crippen LogP contribution >= 0.6 is 0 Å². The smallest absolute Gasteiger partial charge is 0.349 e. The lowest BCUT2D eigenvalue weighted by atomic mass is 9.90. The molecule has 3 N–H and O–H groups in total. The number of carbonyl (C=O) groups is 1. The van der Waals surface area contributed by atoms with Crippen LogP contribution in [-0.2, 0) is 12.8 Å². The van der Waals surface area contributed by atoms with Gasteiger partial charge in [0, 0.05) is 36.3 Å². The van der Waals surface area contributed by atoms with Crippen molar-refractivity contribution >= 4 is 22.6 Å². The van der Waals surface area contributed by atoms with Gasteiger partial charge in [0.2, 0.25) is 0 Å². The molecule has 0 saturated carbocycles. The number of aryl methyl sites for hydroxylation is 2. The molecule has 0 bridgehead atoms. The van der Waals surface area contributed by atoms with Crippen molar-refractivity contribution in [1.82, 2.24) is 5.32 Å². The summed E-state index contributed by atoms with van der Waals surface area (Å²) in [6, 6.07) is 3.77. The van der Waals surface area contributed by atoms with E-state index < -0.39 is 11.5 Å². The fourth-order valence-electron chi connectivity index (χ4n) is 4.00. The van der Waals surface area contributed by atoms with Gasteiger partial charge < -0.3 is 20.4 Å².